The van der Waals surface area contributed by atoms with E-state index in [0.29, 0.717) is 0 Å². The van der Waals surface area contributed by atoms with Gasteiger partial charge in [0.2, 0.25) is 5.91 Å². The van der Waals surface area contributed by atoms with Gasteiger partial charge in [0.15, 0.2) is 0 Å². The molecular formula is C14H23N3O6. The van der Waals surface area contributed by atoms with Gasteiger partial charge >= 0.3 is 12.2 Å². The summed E-state index contributed by atoms with van der Waals surface area (Å²) < 4.78 is 4.97. The predicted octanol–water partition coefficient (Wildman–Crippen LogP) is -0.352. The van der Waals surface area contributed by atoms with Gasteiger partial charge in [0, 0.05) is 6.54 Å². The first-order valence-corrected chi connectivity index (χ1v) is 6.88. The lowest BCUT2D eigenvalue weighted by Crippen LogP contribution is -2.52. The molecule has 0 rings (SSSR count). The minimum atomic E-state index is -1.30. The number of carbonyl (C=O) groups excluding carboxylic acids is 2. The highest BCUT2D eigenvalue weighted by Crippen LogP contribution is 2.06. The molecule has 0 fully saturated rings. The number of carboxylic acid groups (broad SMARTS) is 1. The van der Waals surface area contributed by atoms with Crippen molar-refractivity contribution in [2.75, 3.05) is 13.1 Å². The van der Waals surface area contributed by atoms with E-state index in [0.717, 1.165) is 0 Å². The molecule has 0 heterocycles. The number of ether oxygens (including phenoxy) is 1. The largest absolute Gasteiger partial charge is 0.465 e. The second kappa shape index (κ2) is 9.53. The Bertz CT molecular complexity index is 489. The molecule has 5 N–H and O–H groups in total. The van der Waals surface area contributed by atoms with E-state index >= 15 is 0 Å². The molecule has 0 aliphatic rings. The van der Waals surface area contributed by atoms with Gasteiger partial charge in [0.1, 0.15) is 18.2 Å². The molecule has 0 aliphatic heterocycles. The number of hydrogen-bond donors (Lipinski definition) is 5. The van der Waals surface area contributed by atoms with Gasteiger partial charge in [-0.25, -0.2) is 9.59 Å². The molecule has 0 aromatic rings. The molecule has 9 nitrogen and oxygen atoms in total. The fourth-order valence-corrected chi connectivity index (χ4v) is 1.41. The molecule has 0 bridgehead atoms. The predicted molar refractivity (Wildman–Crippen MR) is 81.7 cm³/mol. The van der Waals surface area contributed by atoms with Crippen LogP contribution in [0.1, 0.15) is 27.7 Å². The second-order valence-corrected chi connectivity index (χ2v) is 5.55. The van der Waals surface area contributed by atoms with Crippen LogP contribution >= 0.6 is 0 Å². The Kier molecular flexibility index (Phi) is 8.50. The highest BCUT2D eigenvalue weighted by molar-refractivity contribution is 5.82. The monoisotopic (exact) mass is 329 g/mol. The van der Waals surface area contributed by atoms with Crippen molar-refractivity contribution in [1.82, 2.24) is 16.0 Å². The molecule has 23 heavy (non-hydrogen) atoms. The van der Waals surface area contributed by atoms with Crippen LogP contribution in [0.2, 0.25) is 0 Å². The zero-order valence-electron chi connectivity index (χ0n) is 13.6. The fourth-order valence-electron chi connectivity index (χ4n) is 1.41. The lowest BCUT2D eigenvalue weighted by atomic mass is 10.1. The molecule has 130 valence electrons. The molecule has 0 aliphatic carbocycles. The standard InChI is InChI=1S/C14H23N3O6/c1-5-6-10(18)9(7-15-12(20)21)17-11(19)8-16-13(22)23-14(2,3)4/h9-10,15,18H,7-8H2,1-4H3,(H,16,22)(H,17,19)(H,20,21)/t9-,10-/m0/s1. The number of hydrogen-bond acceptors (Lipinski definition) is 5. The van der Waals surface area contributed by atoms with E-state index in [1.807, 2.05) is 5.32 Å². The van der Waals surface area contributed by atoms with E-state index in [1.165, 1.54) is 6.92 Å². The summed E-state index contributed by atoms with van der Waals surface area (Å²) in [5.41, 5.74) is -0.693. The van der Waals surface area contributed by atoms with Crippen molar-refractivity contribution in [3.63, 3.8) is 0 Å². The van der Waals surface area contributed by atoms with E-state index in [-0.39, 0.29) is 13.1 Å². The average molecular weight is 329 g/mol. The van der Waals surface area contributed by atoms with Crippen LogP contribution < -0.4 is 16.0 Å². The molecular weight excluding hydrogens is 306 g/mol. The van der Waals surface area contributed by atoms with Crippen LogP contribution in [0.25, 0.3) is 0 Å². The molecule has 2 atom stereocenters. The molecule has 0 saturated carbocycles. The Balaban J connectivity index is 4.49. The Labute approximate surface area is 134 Å². The Morgan fingerprint density at radius 3 is 2.30 bits per heavy atom. The van der Waals surface area contributed by atoms with Crippen molar-refractivity contribution in [3.8, 4) is 11.8 Å². The third-order valence-electron chi connectivity index (χ3n) is 2.29. The first-order chi connectivity index (χ1) is 10.5. The third kappa shape index (κ3) is 10.8. The zero-order chi connectivity index (χ0) is 18.0. The van der Waals surface area contributed by atoms with Gasteiger partial charge in [-0.15, -0.1) is 5.92 Å². The van der Waals surface area contributed by atoms with Crippen molar-refractivity contribution in [3.05, 3.63) is 0 Å². The van der Waals surface area contributed by atoms with Crippen LogP contribution in [-0.4, -0.2) is 59.1 Å². The first kappa shape index (κ1) is 20.5. The maximum Gasteiger partial charge on any atom is 0.408 e. The molecule has 0 spiro atoms. The molecule has 0 aromatic carbocycles. The summed E-state index contributed by atoms with van der Waals surface area (Å²) >= 11 is 0. The van der Waals surface area contributed by atoms with Crippen LogP contribution in [0, 0.1) is 11.8 Å². The summed E-state index contributed by atoms with van der Waals surface area (Å²) in [4.78, 5) is 33.7. The Morgan fingerprint density at radius 2 is 1.83 bits per heavy atom. The molecule has 0 unspecified atom stereocenters. The number of carbonyl (C=O) groups is 3. The van der Waals surface area contributed by atoms with Crippen molar-refractivity contribution in [2.45, 2.75) is 45.4 Å². The lowest BCUT2D eigenvalue weighted by molar-refractivity contribution is -0.121. The van der Waals surface area contributed by atoms with Gasteiger partial charge in [0.25, 0.3) is 0 Å². The summed E-state index contributed by atoms with van der Waals surface area (Å²) in [6.45, 7) is 5.92. The summed E-state index contributed by atoms with van der Waals surface area (Å²) in [6.07, 6.45) is -3.31. The van der Waals surface area contributed by atoms with Gasteiger partial charge in [-0.3, -0.25) is 4.79 Å². The van der Waals surface area contributed by atoms with Gasteiger partial charge in [0.05, 0.1) is 6.04 Å². The number of aliphatic hydroxyl groups excluding tert-OH is 1. The minimum absolute atomic E-state index is 0.233. The zero-order valence-corrected chi connectivity index (χ0v) is 13.6. The van der Waals surface area contributed by atoms with Crippen LogP contribution in [0.4, 0.5) is 9.59 Å². The van der Waals surface area contributed by atoms with E-state index in [2.05, 4.69) is 22.5 Å². The third-order valence-corrected chi connectivity index (χ3v) is 2.29. The van der Waals surface area contributed by atoms with E-state index in [4.69, 9.17) is 9.84 Å². The molecule has 3 amide bonds. The van der Waals surface area contributed by atoms with E-state index in [9.17, 15) is 19.5 Å². The van der Waals surface area contributed by atoms with Gasteiger partial charge in [-0.2, -0.15) is 0 Å². The molecule has 0 saturated heterocycles. The van der Waals surface area contributed by atoms with Gasteiger partial charge in [-0.1, -0.05) is 5.92 Å². The fraction of sp³-hybridized carbons (Fsp3) is 0.643. The summed E-state index contributed by atoms with van der Waals surface area (Å²) in [7, 11) is 0. The Morgan fingerprint density at radius 1 is 1.22 bits per heavy atom. The normalized spacial score (nSPS) is 12.9. The van der Waals surface area contributed by atoms with Crippen LogP contribution in [0.3, 0.4) is 0 Å². The number of alkyl carbamates (subject to hydrolysis) is 1. The van der Waals surface area contributed by atoms with Crippen molar-refractivity contribution in [1.29, 1.82) is 0 Å². The maximum absolute atomic E-state index is 11.8. The number of amides is 3. The van der Waals surface area contributed by atoms with Crippen LogP contribution in [0.15, 0.2) is 0 Å². The second-order valence-electron chi connectivity index (χ2n) is 5.55. The van der Waals surface area contributed by atoms with Crippen molar-refractivity contribution in [2.24, 2.45) is 0 Å². The van der Waals surface area contributed by atoms with Gasteiger partial charge < -0.3 is 30.9 Å². The van der Waals surface area contributed by atoms with Crippen molar-refractivity contribution >= 4 is 18.1 Å². The quantitative estimate of drug-likeness (QED) is 0.422. The highest BCUT2D eigenvalue weighted by Gasteiger charge is 2.21. The smallest absolute Gasteiger partial charge is 0.408 e. The van der Waals surface area contributed by atoms with E-state index in [1.54, 1.807) is 20.8 Å². The van der Waals surface area contributed by atoms with Crippen LogP contribution in [-0.2, 0) is 9.53 Å². The maximum atomic E-state index is 11.8. The average Bonchev–Trinajstić information content (AvgIpc) is 2.39. The topological polar surface area (TPSA) is 137 Å². The van der Waals surface area contributed by atoms with E-state index < -0.39 is 35.8 Å². The number of rotatable bonds is 6. The summed E-state index contributed by atoms with van der Waals surface area (Å²) in [5.74, 6) is 4.26. The summed E-state index contributed by atoms with van der Waals surface area (Å²) in [6, 6.07) is -0.952. The minimum Gasteiger partial charge on any atom is -0.465 e. The highest BCUT2D eigenvalue weighted by atomic mass is 16.6. The van der Waals surface area contributed by atoms with Crippen molar-refractivity contribution < 1.29 is 29.3 Å². The van der Waals surface area contributed by atoms with Gasteiger partial charge in [-0.05, 0) is 27.7 Å². The summed E-state index contributed by atoms with van der Waals surface area (Å²) in [5, 5.41) is 25.0. The number of aliphatic hydroxyl groups is 1. The SMILES string of the molecule is CC#C[C@H](O)[C@H](CNC(=O)O)NC(=O)CNC(=O)OC(C)(C)C. The Hall–Kier alpha value is -2.47. The number of nitrogens with one attached hydrogen (secondary N) is 3. The lowest BCUT2D eigenvalue weighted by Gasteiger charge is -2.22. The molecule has 0 radical (unpaired) electrons. The molecule has 0 aromatic heterocycles. The van der Waals surface area contributed by atoms with Crippen LogP contribution in [0.5, 0.6) is 0 Å². The molecule has 9 heteroatoms. The first-order valence-electron chi connectivity index (χ1n) is 6.88.